The molecule has 0 bridgehead atoms. The van der Waals surface area contributed by atoms with Gasteiger partial charge < -0.3 is 15.4 Å². The molecule has 3 aromatic rings. The molecule has 2 N–H and O–H groups in total. The lowest BCUT2D eigenvalue weighted by molar-refractivity contribution is -0.136. The molecule has 4 rings (SSSR count). The molecule has 2 aromatic carbocycles. The molecule has 1 aliphatic heterocycles. The summed E-state index contributed by atoms with van der Waals surface area (Å²) in [6.45, 7) is 0.961. The van der Waals surface area contributed by atoms with E-state index in [9.17, 15) is 9.59 Å². The number of amides is 2. The summed E-state index contributed by atoms with van der Waals surface area (Å²) in [6.07, 6.45) is 2.19. The van der Waals surface area contributed by atoms with Gasteiger partial charge in [0.25, 0.3) is 0 Å². The number of nitrogens with two attached hydrogens (primary N) is 1. The molecule has 0 aliphatic carbocycles. The third-order valence-electron chi connectivity index (χ3n) is 4.77. The SMILES string of the molecule is NC(=O)C1CCN(Cc2ccc3ccnc(Oc4ccccc4)c3c2)C1=O. The number of carbonyl (C=O) groups is 2. The third-order valence-corrected chi connectivity index (χ3v) is 4.77. The van der Waals surface area contributed by atoms with Crippen molar-refractivity contribution in [3.63, 3.8) is 0 Å². The smallest absolute Gasteiger partial charge is 0.235 e. The van der Waals surface area contributed by atoms with E-state index in [0.29, 0.717) is 31.1 Å². The van der Waals surface area contributed by atoms with Gasteiger partial charge in [0.1, 0.15) is 11.7 Å². The van der Waals surface area contributed by atoms with Crippen LogP contribution in [0.15, 0.2) is 60.8 Å². The Labute approximate surface area is 156 Å². The number of carbonyl (C=O) groups excluding carboxylic acids is 2. The zero-order valence-corrected chi connectivity index (χ0v) is 14.7. The number of benzene rings is 2. The van der Waals surface area contributed by atoms with E-state index in [1.165, 1.54) is 0 Å². The van der Waals surface area contributed by atoms with Gasteiger partial charge in [-0.15, -0.1) is 0 Å². The number of para-hydroxylation sites is 1. The van der Waals surface area contributed by atoms with Crippen molar-refractivity contribution in [3.8, 4) is 11.6 Å². The highest BCUT2D eigenvalue weighted by molar-refractivity contribution is 6.00. The predicted molar refractivity (Wildman–Crippen MR) is 101 cm³/mol. The molecule has 1 fully saturated rings. The van der Waals surface area contributed by atoms with Crippen LogP contribution in [-0.2, 0) is 16.1 Å². The summed E-state index contributed by atoms with van der Waals surface area (Å²) in [5.74, 6) is -0.229. The summed E-state index contributed by atoms with van der Waals surface area (Å²) in [5.41, 5.74) is 6.25. The summed E-state index contributed by atoms with van der Waals surface area (Å²) in [7, 11) is 0. The monoisotopic (exact) mass is 361 g/mol. The van der Waals surface area contributed by atoms with Crippen LogP contribution in [0.4, 0.5) is 0 Å². The van der Waals surface area contributed by atoms with Crippen molar-refractivity contribution in [2.24, 2.45) is 11.7 Å². The second kappa shape index (κ2) is 7.07. The van der Waals surface area contributed by atoms with Crippen molar-refractivity contribution in [3.05, 3.63) is 66.4 Å². The largest absolute Gasteiger partial charge is 0.438 e. The first kappa shape index (κ1) is 17.0. The summed E-state index contributed by atoms with van der Waals surface area (Å²) in [6, 6.07) is 17.3. The highest BCUT2D eigenvalue weighted by Crippen LogP contribution is 2.29. The molecule has 0 spiro atoms. The second-order valence-corrected chi connectivity index (χ2v) is 6.59. The van der Waals surface area contributed by atoms with Crippen LogP contribution in [0.1, 0.15) is 12.0 Å². The Balaban J connectivity index is 1.61. The van der Waals surface area contributed by atoms with Crippen LogP contribution in [0.25, 0.3) is 10.8 Å². The number of pyridine rings is 1. The minimum Gasteiger partial charge on any atom is -0.438 e. The van der Waals surface area contributed by atoms with Crippen LogP contribution in [-0.4, -0.2) is 28.2 Å². The van der Waals surface area contributed by atoms with Crippen molar-refractivity contribution in [1.29, 1.82) is 0 Å². The Morgan fingerprint density at radius 3 is 2.74 bits per heavy atom. The van der Waals surface area contributed by atoms with Gasteiger partial charge in [-0.3, -0.25) is 9.59 Å². The number of rotatable bonds is 5. The molecule has 1 unspecified atom stereocenters. The molecule has 1 aliphatic rings. The van der Waals surface area contributed by atoms with E-state index in [-0.39, 0.29) is 5.91 Å². The van der Waals surface area contributed by atoms with Crippen molar-refractivity contribution in [1.82, 2.24) is 9.88 Å². The Bertz CT molecular complexity index is 1000. The number of primary amides is 1. The van der Waals surface area contributed by atoms with Gasteiger partial charge in [-0.05, 0) is 41.6 Å². The first-order valence-corrected chi connectivity index (χ1v) is 8.80. The average molecular weight is 361 g/mol. The fourth-order valence-corrected chi connectivity index (χ4v) is 3.35. The number of hydrogen-bond donors (Lipinski definition) is 1. The number of ether oxygens (including phenoxy) is 1. The van der Waals surface area contributed by atoms with Crippen LogP contribution in [0, 0.1) is 5.92 Å². The Morgan fingerprint density at radius 1 is 1.19 bits per heavy atom. The molecule has 136 valence electrons. The normalized spacial score (nSPS) is 16.7. The minimum atomic E-state index is -0.705. The Morgan fingerprint density at radius 2 is 2.00 bits per heavy atom. The standard InChI is InChI=1S/C21H19N3O3/c22-19(25)17-9-11-24(21(17)26)13-14-6-7-15-8-10-23-20(18(15)12-14)27-16-4-2-1-3-5-16/h1-8,10,12,17H,9,11,13H2,(H2,22,25). The Kier molecular flexibility index (Phi) is 4.46. The molecule has 6 nitrogen and oxygen atoms in total. The van der Waals surface area contributed by atoms with Gasteiger partial charge in [0, 0.05) is 24.7 Å². The lowest BCUT2D eigenvalue weighted by Crippen LogP contribution is -2.33. The third kappa shape index (κ3) is 3.46. The van der Waals surface area contributed by atoms with Crippen molar-refractivity contribution in [2.75, 3.05) is 6.54 Å². The molecule has 27 heavy (non-hydrogen) atoms. The van der Waals surface area contributed by atoms with Crippen LogP contribution >= 0.6 is 0 Å². The van der Waals surface area contributed by atoms with Gasteiger partial charge in [-0.1, -0.05) is 30.3 Å². The molecular weight excluding hydrogens is 342 g/mol. The topological polar surface area (TPSA) is 85.5 Å². The van der Waals surface area contributed by atoms with Gasteiger partial charge in [0.05, 0.1) is 0 Å². The highest BCUT2D eigenvalue weighted by Gasteiger charge is 2.35. The molecule has 6 heteroatoms. The molecule has 0 saturated carbocycles. The molecule has 2 amide bonds. The molecule has 1 aromatic heterocycles. The van der Waals surface area contributed by atoms with E-state index in [2.05, 4.69) is 4.98 Å². The van der Waals surface area contributed by atoms with E-state index in [0.717, 1.165) is 16.3 Å². The van der Waals surface area contributed by atoms with Gasteiger partial charge in [-0.2, -0.15) is 0 Å². The summed E-state index contributed by atoms with van der Waals surface area (Å²) in [4.78, 5) is 29.7. The molecule has 1 saturated heterocycles. The summed E-state index contributed by atoms with van der Waals surface area (Å²) >= 11 is 0. The first-order valence-electron chi connectivity index (χ1n) is 8.80. The zero-order chi connectivity index (χ0) is 18.8. The second-order valence-electron chi connectivity index (χ2n) is 6.59. The molecule has 2 heterocycles. The average Bonchev–Trinajstić information content (AvgIpc) is 3.04. The zero-order valence-electron chi connectivity index (χ0n) is 14.7. The maximum Gasteiger partial charge on any atom is 0.235 e. The highest BCUT2D eigenvalue weighted by atomic mass is 16.5. The first-order chi connectivity index (χ1) is 13.1. The van der Waals surface area contributed by atoms with Crippen LogP contribution in [0.3, 0.4) is 0 Å². The predicted octanol–water partition coefficient (Wildman–Crippen LogP) is 2.86. The van der Waals surface area contributed by atoms with E-state index in [1.54, 1.807) is 11.1 Å². The van der Waals surface area contributed by atoms with Gasteiger partial charge in [0.2, 0.25) is 17.7 Å². The fraction of sp³-hybridized carbons (Fsp3) is 0.190. The van der Waals surface area contributed by atoms with Gasteiger partial charge >= 0.3 is 0 Å². The van der Waals surface area contributed by atoms with E-state index in [1.807, 2.05) is 54.6 Å². The van der Waals surface area contributed by atoms with Crippen LogP contribution < -0.4 is 10.5 Å². The quantitative estimate of drug-likeness (QED) is 0.708. The van der Waals surface area contributed by atoms with Crippen LogP contribution in [0.5, 0.6) is 11.6 Å². The number of likely N-dealkylation sites (tertiary alicyclic amines) is 1. The number of hydrogen-bond acceptors (Lipinski definition) is 4. The molecule has 0 radical (unpaired) electrons. The van der Waals surface area contributed by atoms with Crippen molar-refractivity contribution in [2.45, 2.75) is 13.0 Å². The maximum absolute atomic E-state index is 12.3. The van der Waals surface area contributed by atoms with Crippen molar-refractivity contribution < 1.29 is 14.3 Å². The number of fused-ring (bicyclic) bond motifs is 1. The Hall–Kier alpha value is -3.41. The van der Waals surface area contributed by atoms with E-state index in [4.69, 9.17) is 10.5 Å². The molecule has 1 atom stereocenters. The van der Waals surface area contributed by atoms with Crippen LogP contribution in [0.2, 0.25) is 0 Å². The minimum absolute atomic E-state index is 0.199. The van der Waals surface area contributed by atoms with Crippen molar-refractivity contribution >= 4 is 22.6 Å². The fourth-order valence-electron chi connectivity index (χ4n) is 3.35. The number of nitrogens with zero attached hydrogens (tertiary/aromatic N) is 2. The van der Waals surface area contributed by atoms with E-state index >= 15 is 0 Å². The lowest BCUT2D eigenvalue weighted by atomic mass is 10.1. The summed E-state index contributed by atoms with van der Waals surface area (Å²) < 4.78 is 5.93. The number of aromatic nitrogens is 1. The van der Waals surface area contributed by atoms with Gasteiger partial charge in [-0.25, -0.2) is 4.98 Å². The van der Waals surface area contributed by atoms with Gasteiger partial charge in [0.15, 0.2) is 0 Å². The molecular formula is C21H19N3O3. The lowest BCUT2D eigenvalue weighted by Gasteiger charge is -2.17. The van der Waals surface area contributed by atoms with E-state index < -0.39 is 11.8 Å². The maximum atomic E-state index is 12.3. The summed E-state index contributed by atoms with van der Waals surface area (Å²) in [5, 5.41) is 1.87.